The first kappa shape index (κ1) is 27.6. The Kier molecular flexibility index (Phi) is 5.83. The summed E-state index contributed by atoms with van der Waals surface area (Å²) in [6.45, 7) is 0. The van der Waals surface area contributed by atoms with Crippen molar-refractivity contribution in [1.82, 2.24) is 4.57 Å². The molecular weight excluding hydrogens is 629 g/mol. The Morgan fingerprint density at radius 2 is 1.02 bits per heavy atom. The number of benzene rings is 8. The average molecular weight is 657 g/mol. The lowest BCUT2D eigenvalue weighted by atomic mass is 10.1. The number of anilines is 3. The number of aromatic nitrogens is 1. The van der Waals surface area contributed by atoms with Crippen LogP contribution in [0.15, 0.2) is 174 Å². The maximum atomic E-state index is 6.23. The number of fused-ring (bicyclic) bond motifs is 10. The van der Waals surface area contributed by atoms with E-state index in [-0.39, 0.29) is 0 Å². The Balaban J connectivity index is 1.12. The minimum absolute atomic E-state index is 0.892. The molecule has 3 heterocycles. The molecule has 0 saturated heterocycles. The van der Waals surface area contributed by atoms with Crippen molar-refractivity contribution in [3.8, 4) is 5.69 Å². The molecule has 234 valence electrons. The fraction of sp³-hybridized carbons (Fsp3) is 0. The molecule has 3 aromatic heterocycles. The molecule has 0 saturated carbocycles. The van der Waals surface area contributed by atoms with Gasteiger partial charge in [0.2, 0.25) is 0 Å². The Hall–Kier alpha value is -6.36. The van der Waals surface area contributed by atoms with Gasteiger partial charge < -0.3 is 13.9 Å². The highest BCUT2D eigenvalue weighted by Gasteiger charge is 2.19. The summed E-state index contributed by atoms with van der Waals surface area (Å²) < 4.78 is 11.2. The summed E-state index contributed by atoms with van der Waals surface area (Å²) in [4.78, 5) is 2.37. The standard InChI is InChI=1S/C46H28N2OS/c1-2-10-30-26-42-38(25-29(30)9-1)35-11-3-6-14-41(35)48(42)32-19-17-31(18-20-32)47(33-21-23-44-39(27-33)36-12-4-7-15-43(36)49-44)34-22-24-46-40(28-34)37-13-5-8-16-45(37)50-46/h1-28H. The van der Waals surface area contributed by atoms with Crippen molar-refractivity contribution >= 4 is 103 Å². The highest BCUT2D eigenvalue weighted by atomic mass is 32.1. The first-order valence-corrected chi connectivity index (χ1v) is 17.7. The van der Waals surface area contributed by atoms with Crippen LogP contribution in [0.4, 0.5) is 17.1 Å². The van der Waals surface area contributed by atoms with Gasteiger partial charge in [0.05, 0.1) is 11.0 Å². The van der Waals surface area contributed by atoms with Crippen LogP contribution in [-0.4, -0.2) is 4.57 Å². The highest BCUT2D eigenvalue weighted by Crippen LogP contribution is 2.43. The predicted molar refractivity (Wildman–Crippen MR) is 213 cm³/mol. The molecule has 0 unspecified atom stereocenters. The highest BCUT2D eigenvalue weighted by molar-refractivity contribution is 7.25. The molecule has 0 N–H and O–H groups in total. The second kappa shape index (κ2) is 10.6. The van der Waals surface area contributed by atoms with E-state index in [4.69, 9.17) is 4.42 Å². The van der Waals surface area contributed by atoms with Gasteiger partial charge in [-0.25, -0.2) is 0 Å². The van der Waals surface area contributed by atoms with E-state index in [1.54, 1.807) is 0 Å². The minimum Gasteiger partial charge on any atom is -0.456 e. The van der Waals surface area contributed by atoms with Gasteiger partial charge in [0.1, 0.15) is 11.2 Å². The lowest BCUT2D eigenvalue weighted by Crippen LogP contribution is -2.10. The van der Waals surface area contributed by atoms with Gasteiger partial charge >= 0.3 is 0 Å². The molecule has 0 aliphatic heterocycles. The quantitative estimate of drug-likeness (QED) is 0.188. The third kappa shape index (κ3) is 4.09. The van der Waals surface area contributed by atoms with Crippen LogP contribution in [0.5, 0.6) is 0 Å². The fourth-order valence-corrected chi connectivity index (χ4v) is 8.92. The molecular formula is C46H28N2OS. The molecule has 11 aromatic rings. The van der Waals surface area contributed by atoms with Gasteiger partial charge in [0, 0.05) is 64.5 Å². The number of thiophene rings is 1. The summed E-state index contributed by atoms with van der Waals surface area (Å²) in [5.74, 6) is 0. The molecule has 0 atom stereocenters. The molecule has 0 amide bonds. The van der Waals surface area contributed by atoms with Crippen LogP contribution in [0.2, 0.25) is 0 Å². The first-order valence-electron chi connectivity index (χ1n) is 16.9. The summed E-state index contributed by atoms with van der Waals surface area (Å²) >= 11 is 1.85. The fourth-order valence-electron chi connectivity index (χ4n) is 7.84. The second-order valence-corrected chi connectivity index (χ2v) is 14.1. The molecule has 3 nitrogen and oxygen atoms in total. The zero-order valence-electron chi connectivity index (χ0n) is 26.9. The van der Waals surface area contributed by atoms with Gasteiger partial charge in [-0.2, -0.15) is 0 Å². The molecule has 50 heavy (non-hydrogen) atoms. The van der Waals surface area contributed by atoms with E-state index in [0.29, 0.717) is 0 Å². The van der Waals surface area contributed by atoms with Crippen molar-refractivity contribution < 1.29 is 4.42 Å². The monoisotopic (exact) mass is 656 g/mol. The largest absolute Gasteiger partial charge is 0.456 e. The van der Waals surface area contributed by atoms with Crippen molar-refractivity contribution in [3.05, 3.63) is 170 Å². The average Bonchev–Trinajstić information content (AvgIpc) is 3.83. The number of furan rings is 1. The van der Waals surface area contributed by atoms with Crippen LogP contribution in [0, 0.1) is 0 Å². The maximum Gasteiger partial charge on any atom is 0.135 e. The van der Waals surface area contributed by atoms with Gasteiger partial charge in [0.15, 0.2) is 0 Å². The second-order valence-electron chi connectivity index (χ2n) is 13.0. The molecule has 0 aliphatic carbocycles. The Morgan fingerprint density at radius 3 is 1.88 bits per heavy atom. The van der Waals surface area contributed by atoms with Crippen molar-refractivity contribution in [3.63, 3.8) is 0 Å². The van der Waals surface area contributed by atoms with E-state index in [2.05, 4.69) is 167 Å². The Morgan fingerprint density at radius 1 is 0.400 bits per heavy atom. The van der Waals surface area contributed by atoms with Gasteiger partial charge in [0.25, 0.3) is 0 Å². The van der Waals surface area contributed by atoms with E-state index >= 15 is 0 Å². The van der Waals surface area contributed by atoms with E-state index in [1.807, 2.05) is 23.5 Å². The smallest absolute Gasteiger partial charge is 0.135 e. The van der Waals surface area contributed by atoms with Crippen molar-refractivity contribution in [1.29, 1.82) is 0 Å². The normalized spacial score (nSPS) is 12.0. The zero-order chi connectivity index (χ0) is 32.8. The number of hydrogen-bond acceptors (Lipinski definition) is 3. The van der Waals surface area contributed by atoms with Crippen LogP contribution in [0.25, 0.3) is 80.4 Å². The van der Waals surface area contributed by atoms with Crippen LogP contribution in [0.3, 0.4) is 0 Å². The van der Waals surface area contributed by atoms with Crippen LogP contribution >= 0.6 is 11.3 Å². The Labute approximate surface area is 291 Å². The summed E-state index contributed by atoms with van der Waals surface area (Å²) in [7, 11) is 0. The summed E-state index contributed by atoms with van der Waals surface area (Å²) in [6, 6.07) is 61.4. The van der Waals surface area contributed by atoms with E-state index in [1.165, 1.54) is 52.8 Å². The van der Waals surface area contributed by atoms with Gasteiger partial charge in [-0.05, 0) is 102 Å². The van der Waals surface area contributed by atoms with Crippen LogP contribution in [-0.2, 0) is 0 Å². The maximum absolute atomic E-state index is 6.23. The number of nitrogens with zero attached hydrogens (tertiary/aromatic N) is 2. The van der Waals surface area contributed by atoms with E-state index in [9.17, 15) is 0 Å². The molecule has 8 aromatic carbocycles. The molecule has 0 bridgehead atoms. The number of rotatable bonds is 4. The molecule has 0 radical (unpaired) electrons. The molecule has 0 spiro atoms. The zero-order valence-corrected chi connectivity index (χ0v) is 27.7. The van der Waals surface area contributed by atoms with Crippen LogP contribution in [0.1, 0.15) is 0 Å². The van der Waals surface area contributed by atoms with Gasteiger partial charge in [-0.1, -0.05) is 78.9 Å². The van der Waals surface area contributed by atoms with E-state index in [0.717, 1.165) is 44.7 Å². The summed E-state index contributed by atoms with van der Waals surface area (Å²) in [5, 5.41) is 9.82. The van der Waals surface area contributed by atoms with Crippen molar-refractivity contribution in [2.45, 2.75) is 0 Å². The van der Waals surface area contributed by atoms with Crippen molar-refractivity contribution in [2.75, 3.05) is 4.90 Å². The lowest BCUT2D eigenvalue weighted by molar-refractivity contribution is 0.669. The lowest BCUT2D eigenvalue weighted by Gasteiger charge is -2.26. The number of para-hydroxylation sites is 2. The van der Waals surface area contributed by atoms with Gasteiger partial charge in [-0.3, -0.25) is 0 Å². The molecule has 4 heteroatoms. The Bertz CT molecular complexity index is 2990. The predicted octanol–water partition coefficient (Wildman–Crippen LogP) is 13.7. The molecule has 0 aliphatic rings. The SMILES string of the molecule is c1ccc2cc3c(cc2c1)c1ccccc1n3-c1ccc(N(c2ccc3oc4ccccc4c3c2)c2ccc3sc4ccccc4c3c2)cc1. The van der Waals surface area contributed by atoms with Crippen LogP contribution < -0.4 is 4.90 Å². The molecule has 0 fully saturated rings. The topological polar surface area (TPSA) is 21.3 Å². The van der Waals surface area contributed by atoms with E-state index < -0.39 is 0 Å². The molecule has 11 rings (SSSR count). The van der Waals surface area contributed by atoms with Gasteiger partial charge in [-0.15, -0.1) is 11.3 Å². The first-order chi connectivity index (χ1) is 24.8. The third-order valence-electron chi connectivity index (χ3n) is 10.1. The third-order valence-corrected chi connectivity index (χ3v) is 11.3. The minimum atomic E-state index is 0.892. The summed E-state index contributed by atoms with van der Waals surface area (Å²) in [6.07, 6.45) is 0. The summed E-state index contributed by atoms with van der Waals surface area (Å²) in [5.41, 5.74) is 8.63. The number of hydrogen-bond donors (Lipinski definition) is 0. The van der Waals surface area contributed by atoms with Crippen molar-refractivity contribution in [2.24, 2.45) is 0 Å².